The fraction of sp³-hybridized carbons (Fsp3) is 0.381. The van der Waals surface area contributed by atoms with Gasteiger partial charge in [-0.15, -0.1) is 0 Å². The van der Waals surface area contributed by atoms with E-state index >= 15 is 0 Å². The topological polar surface area (TPSA) is 84.9 Å². The molecule has 0 fully saturated rings. The van der Waals surface area contributed by atoms with E-state index in [2.05, 4.69) is 5.32 Å². The summed E-state index contributed by atoms with van der Waals surface area (Å²) in [7, 11) is -3.69. The standard InChI is InChI=1S/C21H26N2O5S/c1-16(21(24)22-12-6-9-17-7-4-3-5-8-17)23(29(2,25)26)18-10-11-19-20(15-18)28-14-13-27-19/h3-5,7-8,10-11,15-16H,6,9,12-14H2,1-2H3,(H,22,24)/t16-/m1/s1. The van der Waals surface area contributed by atoms with Crippen LogP contribution in [0.15, 0.2) is 48.5 Å². The highest BCUT2D eigenvalue weighted by Crippen LogP contribution is 2.35. The molecule has 29 heavy (non-hydrogen) atoms. The molecule has 0 saturated heterocycles. The molecule has 0 aromatic heterocycles. The number of fused-ring (bicyclic) bond motifs is 1. The molecule has 1 amide bonds. The van der Waals surface area contributed by atoms with Crippen molar-refractivity contribution in [1.82, 2.24) is 5.32 Å². The van der Waals surface area contributed by atoms with E-state index in [1.54, 1.807) is 25.1 Å². The van der Waals surface area contributed by atoms with Gasteiger partial charge in [0.1, 0.15) is 19.3 Å². The molecule has 1 N–H and O–H groups in total. The predicted molar refractivity (Wildman–Crippen MR) is 112 cm³/mol. The molecule has 0 unspecified atom stereocenters. The highest BCUT2D eigenvalue weighted by molar-refractivity contribution is 7.92. The van der Waals surface area contributed by atoms with Gasteiger partial charge in [0, 0.05) is 12.6 Å². The molecular weight excluding hydrogens is 392 g/mol. The van der Waals surface area contributed by atoms with Crippen molar-refractivity contribution in [2.75, 3.05) is 30.3 Å². The molecule has 156 valence electrons. The zero-order valence-corrected chi connectivity index (χ0v) is 17.4. The molecule has 1 atom stereocenters. The third-order valence-electron chi connectivity index (χ3n) is 4.65. The number of hydrogen-bond donors (Lipinski definition) is 1. The van der Waals surface area contributed by atoms with Crippen molar-refractivity contribution in [2.45, 2.75) is 25.8 Å². The molecule has 8 heteroatoms. The van der Waals surface area contributed by atoms with Crippen molar-refractivity contribution in [3.8, 4) is 11.5 Å². The van der Waals surface area contributed by atoms with Crippen molar-refractivity contribution in [3.63, 3.8) is 0 Å². The van der Waals surface area contributed by atoms with Crippen molar-refractivity contribution in [3.05, 3.63) is 54.1 Å². The number of amides is 1. The lowest BCUT2D eigenvalue weighted by atomic mass is 10.1. The van der Waals surface area contributed by atoms with Crippen LogP contribution in [0.25, 0.3) is 0 Å². The number of nitrogens with one attached hydrogen (secondary N) is 1. The van der Waals surface area contributed by atoms with Gasteiger partial charge in [-0.05, 0) is 37.5 Å². The average Bonchev–Trinajstić information content (AvgIpc) is 2.70. The first-order chi connectivity index (χ1) is 13.9. The van der Waals surface area contributed by atoms with Gasteiger partial charge in [0.15, 0.2) is 11.5 Å². The van der Waals surface area contributed by atoms with Crippen LogP contribution in [-0.2, 0) is 21.2 Å². The Morgan fingerprint density at radius 3 is 2.48 bits per heavy atom. The third kappa shape index (κ3) is 5.41. The quantitative estimate of drug-likeness (QED) is 0.666. The van der Waals surface area contributed by atoms with E-state index in [4.69, 9.17) is 9.47 Å². The second kappa shape index (κ2) is 9.17. The van der Waals surface area contributed by atoms with Gasteiger partial charge >= 0.3 is 0 Å². The first-order valence-corrected chi connectivity index (χ1v) is 11.4. The predicted octanol–water partition coefficient (Wildman–Crippen LogP) is 2.36. The normalized spacial score (nSPS) is 14.1. The smallest absolute Gasteiger partial charge is 0.243 e. The summed E-state index contributed by atoms with van der Waals surface area (Å²) in [5, 5.41) is 2.84. The monoisotopic (exact) mass is 418 g/mol. The molecule has 2 aromatic carbocycles. The Hall–Kier alpha value is -2.74. The molecule has 1 heterocycles. The van der Waals surface area contributed by atoms with Crippen LogP contribution in [0.3, 0.4) is 0 Å². The van der Waals surface area contributed by atoms with Gasteiger partial charge in [-0.2, -0.15) is 0 Å². The van der Waals surface area contributed by atoms with Gasteiger partial charge in [0.05, 0.1) is 11.9 Å². The maximum Gasteiger partial charge on any atom is 0.243 e. The number of aryl methyl sites for hydroxylation is 1. The summed E-state index contributed by atoms with van der Waals surface area (Å²) in [6, 6.07) is 14.0. The van der Waals surface area contributed by atoms with E-state index in [-0.39, 0.29) is 5.91 Å². The lowest BCUT2D eigenvalue weighted by Gasteiger charge is -2.29. The summed E-state index contributed by atoms with van der Waals surface area (Å²) in [5.41, 5.74) is 1.56. The van der Waals surface area contributed by atoms with Crippen LogP contribution in [0.2, 0.25) is 0 Å². The highest BCUT2D eigenvalue weighted by atomic mass is 32.2. The fourth-order valence-corrected chi connectivity index (χ4v) is 4.44. The molecule has 0 spiro atoms. The van der Waals surface area contributed by atoms with Gasteiger partial charge < -0.3 is 14.8 Å². The summed E-state index contributed by atoms with van der Waals surface area (Å²) < 4.78 is 37.0. The minimum absolute atomic E-state index is 0.349. The van der Waals surface area contributed by atoms with E-state index in [1.807, 2.05) is 30.3 Å². The van der Waals surface area contributed by atoms with E-state index < -0.39 is 16.1 Å². The van der Waals surface area contributed by atoms with Crippen LogP contribution in [0, 0.1) is 0 Å². The summed E-state index contributed by atoms with van der Waals surface area (Å²) in [4.78, 5) is 12.6. The first kappa shape index (κ1) is 21.0. The average molecular weight is 419 g/mol. The number of carbonyl (C=O) groups excluding carboxylic acids is 1. The van der Waals surface area contributed by atoms with Gasteiger partial charge in [-0.1, -0.05) is 30.3 Å². The SMILES string of the molecule is C[C@H](C(=O)NCCCc1ccccc1)N(c1ccc2c(c1)OCCO2)S(C)(=O)=O. The largest absolute Gasteiger partial charge is 0.486 e. The van der Waals surface area contributed by atoms with Crippen LogP contribution in [-0.4, -0.2) is 46.4 Å². The summed E-state index contributed by atoms with van der Waals surface area (Å²) >= 11 is 0. The lowest BCUT2D eigenvalue weighted by molar-refractivity contribution is -0.121. The first-order valence-electron chi connectivity index (χ1n) is 9.57. The molecular formula is C21H26N2O5S. The minimum atomic E-state index is -3.69. The third-order valence-corrected chi connectivity index (χ3v) is 5.89. The van der Waals surface area contributed by atoms with Crippen LogP contribution in [0.5, 0.6) is 11.5 Å². The maximum absolute atomic E-state index is 12.6. The van der Waals surface area contributed by atoms with Gasteiger partial charge in [0.25, 0.3) is 0 Å². The highest BCUT2D eigenvalue weighted by Gasteiger charge is 2.30. The van der Waals surface area contributed by atoms with Crippen molar-refractivity contribution in [2.24, 2.45) is 0 Å². The Morgan fingerprint density at radius 1 is 1.10 bits per heavy atom. The minimum Gasteiger partial charge on any atom is -0.486 e. The second-order valence-electron chi connectivity index (χ2n) is 6.94. The van der Waals surface area contributed by atoms with Crippen molar-refractivity contribution >= 4 is 21.6 Å². The summed E-state index contributed by atoms with van der Waals surface area (Å²) in [6.07, 6.45) is 2.70. The van der Waals surface area contributed by atoms with E-state index in [9.17, 15) is 13.2 Å². The molecule has 0 aliphatic carbocycles. The van der Waals surface area contributed by atoms with Crippen LogP contribution >= 0.6 is 0 Å². The molecule has 0 saturated carbocycles. The van der Waals surface area contributed by atoms with Crippen LogP contribution < -0.4 is 19.1 Å². The molecule has 1 aliphatic heterocycles. The number of ether oxygens (including phenoxy) is 2. The Bertz CT molecular complexity index is 947. The Kier molecular flexibility index (Phi) is 6.64. The molecule has 3 rings (SSSR count). The number of hydrogen-bond acceptors (Lipinski definition) is 5. The Labute approximate surface area is 171 Å². The zero-order valence-electron chi connectivity index (χ0n) is 16.6. The molecule has 1 aliphatic rings. The molecule has 2 aromatic rings. The summed E-state index contributed by atoms with van der Waals surface area (Å²) in [5.74, 6) is 0.683. The maximum atomic E-state index is 12.6. The Balaban J connectivity index is 1.66. The molecule has 0 bridgehead atoms. The number of benzene rings is 2. The molecule has 7 nitrogen and oxygen atoms in total. The van der Waals surface area contributed by atoms with Crippen LogP contribution in [0.1, 0.15) is 18.9 Å². The number of carbonyl (C=O) groups is 1. The van der Waals surface area contributed by atoms with Crippen molar-refractivity contribution in [1.29, 1.82) is 0 Å². The summed E-state index contributed by atoms with van der Waals surface area (Å²) in [6.45, 7) is 2.89. The lowest BCUT2D eigenvalue weighted by Crippen LogP contribution is -2.48. The van der Waals surface area contributed by atoms with Crippen molar-refractivity contribution < 1.29 is 22.7 Å². The van der Waals surface area contributed by atoms with Crippen LogP contribution in [0.4, 0.5) is 5.69 Å². The van der Waals surface area contributed by atoms with E-state index in [0.717, 1.165) is 23.4 Å². The van der Waals surface area contributed by atoms with E-state index in [1.165, 1.54) is 5.56 Å². The van der Waals surface area contributed by atoms with E-state index in [0.29, 0.717) is 36.9 Å². The molecule has 0 radical (unpaired) electrons. The van der Waals surface area contributed by atoms with Gasteiger partial charge in [-0.25, -0.2) is 8.42 Å². The number of sulfonamides is 1. The fourth-order valence-electron chi connectivity index (χ4n) is 3.27. The second-order valence-corrected chi connectivity index (χ2v) is 8.80. The number of nitrogens with zero attached hydrogens (tertiary/aromatic N) is 1. The number of rotatable bonds is 8. The zero-order chi connectivity index (χ0) is 20.9. The van der Waals surface area contributed by atoms with Gasteiger partial charge in [-0.3, -0.25) is 9.10 Å². The van der Waals surface area contributed by atoms with Gasteiger partial charge in [0.2, 0.25) is 15.9 Å². The number of anilines is 1. The Morgan fingerprint density at radius 2 is 1.79 bits per heavy atom.